The average Bonchev–Trinajstić information content (AvgIpc) is 3.76. The molecule has 11 rings (SSSR count). The molecule has 0 radical (unpaired) electrons. The standard InChI is InChI=1S/C54H36/c1-3-13-35(14-4-1)42-30-43(36-15-5-2-6-16-36)32-44(31-42)54-48-22-12-10-20-46(48)52-34-40(26-28-50(52)54)39-25-27-49-51(33-39)45-19-9-11-21-47(45)53(49)41-24-23-37-17-7-8-18-38(37)29-41/h1-34,53-54H. The molecule has 2 aliphatic carbocycles. The third-order valence-corrected chi connectivity index (χ3v) is 11.8. The normalized spacial score (nSPS) is 15.0. The molecule has 0 fully saturated rings. The van der Waals surface area contributed by atoms with E-state index in [0.717, 1.165) is 0 Å². The minimum atomic E-state index is 0.144. The van der Waals surface area contributed by atoms with Crippen molar-refractivity contribution in [2.75, 3.05) is 0 Å². The second kappa shape index (κ2) is 12.4. The summed E-state index contributed by atoms with van der Waals surface area (Å²) >= 11 is 0. The van der Waals surface area contributed by atoms with Crippen LogP contribution in [-0.4, -0.2) is 0 Å². The summed E-state index contributed by atoms with van der Waals surface area (Å²) in [5, 5.41) is 2.57. The van der Waals surface area contributed by atoms with Crippen LogP contribution >= 0.6 is 0 Å². The number of rotatable bonds is 5. The van der Waals surface area contributed by atoms with Crippen LogP contribution in [0.2, 0.25) is 0 Å². The fourth-order valence-corrected chi connectivity index (χ4v) is 9.28. The predicted octanol–water partition coefficient (Wildman–Crippen LogP) is 14.2. The molecule has 9 aromatic carbocycles. The second-order valence-electron chi connectivity index (χ2n) is 14.8. The maximum Gasteiger partial charge on any atom is 0.0352 e. The number of hydrogen-bond donors (Lipinski definition) is 0. The average molecular weight is 685 g/mol. The van der Waals surface area contributed by atoms with E-state index in [1.54, 1.807) is 0 Å². The van der Waals surface area contributed by atoms with Crippen molar-refractivity contribution < 1.29 is 0 Å². The summed E-state index contributed by atoms with van der Waals surface area (Å²) in [7, 11) is 0. The Hall–Kier alpha value is -6.76. The Kier molecular flexibility index (Phi) is 7.10. The maximum atomic E-state index is 2.44. The van der Waals surface area contributed by atoms with Crippen molar-refractivity contribution in [1.82, 2.24) is 0 Å². The summed E-state index contributed by atoms with van der Waals surface area (Å²) in [4.78, 5) is 0. The van der Waals surface area contributed by atoms with Crippen LogP contribution in [0.25, 0.3) is 66.4 Å². The lowest BCUT2D eigenvalue weighted by Crippen LogP contribution is -2.00. The van der Waals surface area contributed by atoms with E-state index in [-0.39, 0.29) is 11.8 Å². The van der Waals surface area contributed by atoms with Crippen molar-refractivity contribution in [3.63, 3.8) is 0 Å². The van der Waals surface area contributed by atoms with E-state index >= 15 is 0 Å². The number of benzene rings is 9. The van der Waals surface area contributed by atoms with Gasteiger partial charge in [-0.15, -0.1) is 0 Å². The summed E-state index contributed by atoms with van der Waals surface area (Å²) in [6.45, 7) is 0. The van der Waals surface area contributed by atoms with Crippen LogP contribution in [0.15, 0.2) is 206 Å². The largest absolute Gasteiger partial charge is 0.0622 e. The highest BCUT2D eigenvalue weighted by Gasteiger charge is 2.32. The Morgan fingerprint density at radius 3 is 1.26 bits per heavy atom. The molecule has 252 valence electrons. The minimum absolute atomic E-state index is 0.144. The fourth-order valence-electron chi connectivity index (χ4n) is 9.28. The van der Waals surface area contributed by atoms with Crippen molar-refractivity contribution in [3.05, 3.63) is 240 Å². The molecule has 9 aromatic rings. The van der Waals surface area contributed by atoms with Crippen molar-refractivity contribution in [1.29, 1.82) is 0 Å². The zero-order valence-corrected chi connectivity index (χ0v) is 29.8. The first kappa shape index (κ1) is 30.8. The van der Waals surface area contributed by atoms with Crippen LogP contribution in [0, 0.1) is 0 Å². The number of fused-ring (bicyclic) bond motifs is 7. The van der Waals surface area contributed by atoms with Crippen LogP contribution < -0.4 is 0 Å². The third-order valence-electron chi connectivity index (χ3n) is 11.8. The van der Waals surface area contributed by atoms with E-state index in [0.29, 0.717) is 0 Å². The Morgan fingerprint density at radius 1 is 0.222 bits per heavy atom. The molecule has 2 aliphatic rings. The predicted molar refractivity (Wildman–Crippen MR) is 226 cm³/mol. The quantitative estimate of drug-likeness (QED) is 0.169. The molecule has 0 spiro atoms. The first-order valence-corrected chi connectivity index (χ1v) is 19.0. The zero-order chi connectivity index (χ0) is 35.6. The van der Waals surface area contributed by atoms with Gasteiger partial charge >= 0.3 is 0 Å². The van der Waals surface area contributed by atoms with Gasteiger partial charge in [-0.3, -0.25) is 0 Å². The molecule has 0 heteroatoms. The molecular weight excluding hydrogens is 649 g/mol. The van der Waals surface area contributed by atoms with Gasteiger partial charge in [-0.1, -0.05) is 188 Å². The second-order valence-corrected chi connectivity index (χ2v) is 14.8. The van der Waals surface area contributed by atoms with Gasteiger partial charge in [0.05, 0.1) is 0 Å². The molecule has 0 aliphatic heterocycles. The van der Waals surface area contributed by atoms with Gasteiger partial charge in [0.1, 0.15) is 0 Å². The molecule has 0 saturated carbocycles. The van der Waals surface area contributed by atoms with E-state index in [2.05, 4.69) is 206 Å². The van der Waals surface area contributed by atoms with Crippen LogP contribution in [0.1, 0.15) is 45.2 Å². The van der Waals surface area contributed by atoms with Crippen LogP contribution in [-0.2, 0) is 0 Å². The molecular formula is C54H36. The molecule has 2 atom stereocenters. The Balaban J connectivity index is 1.03. The first-order valence-electron chi connectivity index (χ1n) is 19.0. The van der Waals surface area contributed by atoms with Crippen LogP contribution in [0.4, 0.5) is 0 Å². The monoisotopic (exact) mass is 684 g/mol. The molecule has 2 unspecified atom stereocenters. The van der Waals surface area contributed by atoms with E-state index < -0.39 is 0 Å². The van der Waals surface area contributed by atoms with Gasteiger partial charge in [0.2, 0.25) is 0 Å². The molecule has 0 saturated heterocycles. The highest BCUT2D eigenvalue weighted by molar-refractivity contribution is 5.90. The Morgan fingerprint density at radius 2 is 0.685 bits per heavy atom. The summed E-state index contributed by atoms with van der Waals surface area (Å²) in [6, 6.07) is 76.8. The molecule has 54 heavy (non-hydrogen) atoms. The summed E-state index contributed by atoms with van der Waals surface area (Å²) in [5.74, 6) is 0.362. The van der Waals surface area contributed by atoms with Gasteiger partial charge in [-0.05, 0) is 118 Å². The van der Waals surface area contributed by atoms with Crippen molar-refractivity contribution >= 4 is 10.8 Å². The lowest BCUT2D eigenvalue weighted by Gasteiger charge is -2.18. The summed E-state index contributed by atoms with van der Waals surface area (Å²) < 4.78 is 0. The van der Waals surface area contributed by atoms with Gasteiger partial charge < -0.3 is 0 Å². The van der Waals surface area contributed by atoms with Gasteiger partial charge in [-0.25, -0.2) is 0 Å². The smallest absolute Gasteiger partial charge is 0.0352 e. The lowest BCUT2D eigenvalue weighted by molar-refractivity contribution is 1.02. The fraction of sp³-hybridized carbons (Fsp3) is 0.0370. The van der Waals surface area contributed by atoms with Crippen molar-refractivity contribution in [2.45, 2.75) is 11.8 Å². The third kappa shape index (κ3) is 4.99. The van der Waals surface area contributed by atoms with Gasteiger partial charge in [-0.2, -0.15) is 0 Å². The highest BCUT2D eigenvalue weighted by atomic mass is 14.4. The first-order chi connectivity index (χ1) is 26.8. The lowest BCUT2D eigenvalue weighted by atomic mass is 9.85. The highest BCUT2D eigenvalue weighted by Crippen LogP contribution is 2.52. The van der Waals surface area contributed by atoms with E-state index in [4.69, 9.17) is 0 Å². The van der Waals surface area contributed by atoms with Gasteiger partial charge in [0.25, 0.3) is 0 Å². The van der Waals surface area contributed by atoms with Crippen LogP contribution in [0.3, 0.4) is 0 Å². The molecule has 0 nitrogen and oxygen atoms in total. The van der Waals surface area contributed by atoms with Gasteiger partial charge in [0, 0.05) is 11.8 Å². The van der Waals surface area contributed by atoms with Crippen LogP contribution in [0.5, 0.6) is 0 Å². The molecule has 0 bridgehead atoms. The topological polar surface area (TPSA) is 0 Å². The minimum Gasteiger partial charge on any atom is -0.0622 e. The molecule has 0 amide bonds. The maximum absolute atomic E-state index is 2.44. The summed E-state index contributed by atoms with van der Waals surface area (Å²) in [5.41, 5.74) is 21.0. The Bertz CT molecular complexity index is 2820. The summed E-state index contributed by atoms with van der Waals surface area (Å²) in [6.07, 6.45) is 0. The SMILES string of the molecule is c1ccc(-c2cc(-c3ccccc3)cc(C3c4ccccc4-c4cc(-c5ccc6c(c5)-c5ccccc5C6c5ccc6ccccc6c5)ccc43)c2)cc1. The Labute approximate surface area is 316 Å². The molecule has 0 aromatic heterocycles. The molecule has 0 N–H and O–H groups in total. The zero-order valence-electron chi connectivity index (χ0n) is 29.8. The van der Waals surface area contributed by atoms with Crippen molar-refractivity contribution in [2.24, 2.45) is 0 Å². The molecule has 0 heterocycles. The van der Waals surface area contributed by atoms with Gasteiger partial charge in [0.15, 0.2) is 0 Å². The van der Waals surface area contributed by atoms with Crippen molar-refractivity contribution in [3.8, 4) is 55.6 Å². The van der Waals surface area contributed by atoms with E-state index in [1.807, 2.05) is 0 Å². The van der Waals surface area contributed by atoms with E-state index in [1.165, 1.54) is 99.8 Å². The van der Waals surface area contributed by atoms with E-state index in [9.17, 15) is 0 Å². The number of hydrogen-bond acceptors (Lipinski definition) is 0.